The van der Waals surface area contributed by atoms with Gasteiger partial charge in [-0.3, -0.25) is 0 Å². The maximum absolute atomic E-state index is 9.58. The van der Waals surface area contributed by atoms with Crippen LogP contribution in [0.25, 0.3) is 0 Å². The second-order valence-corrected chi connectivity index (χ2v) is 5.35. The third kappa shape index (κ3) is 5.07. The number of benzene rings is 1. The molecule has 0 fully saturated rings. The van der Waals surface area contributed by atoms with Crippen LogP contribution in [0.3, 0.4) is 0 Å². The Balaban J connectivity index is 2.52. The normalized spacial score (nSPS) is 13.4. The van der Waals surface area contributed by atoms with Gasteiger partial charge in [-0.15, -0.1) is 0 Å². The number of methoxy groups -OCH3 is 1. The Kier molecular flexibility index (Phi) is 5.63. The summed E-state index contributed by atoms with van der Waals surface area (Å²) < 4.78 is 5.14. The number of ether oxygens (including phenoxy) is 1. The van der Waals surface area contributed by atoms with Crippen molar-refractivity contribution in [1.29, 1.82) is 0 Å². The molecule has 0 radical (unpaired) electrons. The van der Waals surface area contributed by atoms with Crippen LogP contribution in [0.15, 0.2) is 24.3 Å². The van der Waals surface area contributed by atoms with E-state index in [4.69, 9.17) is 4.74 Å². The number of aliphatic hydroxyl groups excluding tert-OH is 1. The van der Waals surface area contributed by atoms with Gasteiger partial charge in [-0.05, 0) is 44.4 Å². The predicted molar refractivity (Wildman–Crippen MR) is 75.1 cm³/mol. The fourth-order valence-electron chi connectivity index (χ4n) is 1.85. The van der Waals surface area contributed by atoms with E-state index in [9.17, 15) is 5.11 Å². The first kappa shape index (κ1) is 15.0. The first-order valence-corrected chi connectivity index (χ1v) is 6.53. The Morgan fingerprint density at radius 3 is 2.39 bits per heavy atom. The zero-order valence-electron chi connectivity index (χ0n) is 11.9. The van der Waals surface area contributed by atoms with Crippen LogP contribution in [-0.2, 0) is 6.42 Å². The van der Waals surface area contributed by atoms with Crippen molar-refractivity contribution in [3.05, 3.63) is 29.8 Å². The SMILES string of the molecule is CC[C@@H](O)CNC(C)(C)Cc1ccc(OC)cc1. The van der Waals surface area contributed by atoms with Crippen molar-refractivity contribution in [3.63, 3.8) is 0 Å². The minimum absolute atomic E-state index is 0.0231. The molecule has 0 heterocycles. The van der Waals surface area contributed by atoms with Crippen LogP contribution in [0.5, 0.6) is 5.75 Å². The molecule has 0 aliphatic carbocycles. The molecule has 18 heavy (non-hydrogen) atoms. The standard InChI is InChI=1S/C15H25NO2/c1-5-13(17)11-16-15(2,3)10-12-6-8-14(18-4)9-7-12/h6-9,13,16-17H,5,10-11H2,1-4H3/t13-/m1/s1. The third-order valence-electron chi connectivity index (χ3n) is 3.09. The molecular weight excluding hydrogens is 226 g/mol. The zero-order chi connectivity index (χ0) is 13.6. The Bertz CT molecular complexity index is 346. The van der Waals surface area contributed by atoms with E-state index in [2.05, 4.69) is 31.3 Å². The quantitative estimate of drug-likeness (QED) is 0.782. The third-order valence-corrected chi connectivity index (χ3v) is 3.09. The number of rotatable bonds is 7. The van der Waals surface area contributed by atoms with Crippen molar-refractivity contribution < 1.29 is 9.84 Å². The highest BCUT2D eigenvalue weighted by molar-refractivity contribution is 5.28. The Morgan fingerprint density at radius 2 is 1.89 bits per heavy atom. The lowest BCUT2D eigenvalue weighted by atomic mass is 9.94. The molecule has 0 saturated carbocycles. The van der Waals surface area contributed by atoms with Gasteiger partial charge in [0.25, 0.3) is 0 Å². The van der Waals surface area contributed by atoms with Crippen LogP contribution in [0.2, 0.25) is 0 Å². The molecule has 3 heteroatoms. The molecular formula is C15H25NO2. The maximum atomic E-state index is 9.58. The minimum Gasteiger partial charge on any atom is -0.497 e. The molecule has 0 bridgehead atoms. The lowest BCUT2D eigenvalue weighted by Crippen LogP contribution is -2.44. The molecule has 1 aromatic rings. The van der Waals surface area contributed by atoms with Gasteiger partial charge in [0.2, 0.25) is 0 Å². The average Bonchev–Trinajstić information content (AvgIpc) is 2.36. The zero-order valence-corrected chi connectivity index (χ0v) is 11.9. The molecule has 0 aliphatic rings. The average molecular weight is 251 g/mol. The summed E-state index contributed by atoms with van der Waals surface area (Å²) in [5.41, 5.74) is 1.24. The summed E-state index contributed by atoms with van der Waals surface area (Å²) in [5.74, 6) is 0.880. The Labute approximate surface area is 110 Å². The molecule has 0 spiro atoms. The molecule has 1 rings (SSSR count). The predicted octanol–water partition coefficient (Wildman–Crippen LogP) is 2.38. The van der Waals surface area contributed by atoms with E-state index in [-0.39, 0.29) is 11.6 Å². The van der Waals surface area contributed by atoms with Gasteiger partial charge in [-0.2, -0.15) is 0 Å². The van der Waals surface area contributed by atoms with Crippen LogP contribution >= 0.6 is 0 Å². The highest BCUT2D eigenvalue weighted by Crippen LogP contribution is 2.16. The summed E-state index contributed by atoms with van der Waals surface area (Å²) in [5, 5.41) is 13.0. The number of nitrogens with one attached hydrogen (secondary N) is 1. The number of β-amino-alcohol motifs (C(OH)–C–C–N with tert-alkyl or cyclic N) is 1. The smallest absolute Gasteiger partial charge is 0.118 e. The molecule has 0 amide bonds. The number of hydrogen-bond acceptors (Lipinski definition) is 3. The van der Waals surface area contributed by atoms with Gasteiger partial charge in [-0.25, -0.2) is 0 Å². The van der Waals surface area contributed by atoms with Crippen molar-refractivity contribution in [3.8, 4) is 5.75 Å². The number of aliphatic hydroxyl groups is 1. The van der Waals surface area contributed by atoms with Gasteiger partial charge < -0.3 is 15.2 Å². The van der Waals surface area contributed by atoms with Crippen molar-refractivity contribution in [2.24, 2.45) is 0 Å². The molecule has 1 atom stereocenters. The number of hydrogen-bond donors (Lipinski definition) is 2. The van der Waals surface area contributed by atoms with E-state index in [0.29, 0.717) is 6.54 Å². The Morgan fingerprint density at radius 1 is 1.28 bits per heavy atom. The van der Waals surface area contributed by atoms with Gasteiger partial charge in [0.15, 0.2) is 0 Å². The second kappa shape index (κ2) is 6.76. The summed E-state index contributed by atoms with van der Waals surface area (Å²) in [4.78, 5) is 0. The summed E-state index contributed by atoms with van der Waals surface area (Å²) in [6, 6.07) is 8.12. The molecule has 0 unspecified atom stereocenters. The molecule has 0 aromatic heterocycles. The van der Waals surface area contributed by atoms with Crippen molar-refractivity contribution in [1.82, 2.24) is 5.32 Å². The topological polar surface area (TPSA) is 41.5 Å². The van der Waals surface area contributed by atoms with Crippen molar-refractivity contribution >= 4 is 0 Å². The van der Waals surface area contributed by atoms with Crippen LogP contribution in [-0.4, -0.2) is 30.4 Å². The summed E-state index contributed by atoms with van der Waals surface area (Å²) in [7, 11) is 1.67. The van der Waals surface area contributed by atoms with E-state index in [0.717, 1.165) is 18.6 Å². The first-order valence-electron chi connectivity index (χ1n) is 6.53. The van der Waals surface area contributed by atoms with E-state index in [1.165, 1.54) is 5.56 Å². The van der Waals surface area contributed by atoms with Crippen molar-refractivity contribution in [2.45, 2.75) is 45.3 Å². The molecule has 0 aliphatic heterocycles. The van der Waals surface area contributed by atoms with Gasteiger partial charge in [-0.1, -0.05) is 19.1 Å². The molecule has 2 N–H and O–H groups in total. The van der Waals surface area contributed by atoms with Gasteiger partial charge >= 0.3 is 0 Å². The van der Waals surface area contributed by atoms with E-state index >= 15 is 0 Å². The van der Waals surface area contributed by atoms with Gasteiger partial charge in [0, 0.05) is 12.1 Å². The summed E-state index contributed by atoms with van der Waals surface area (Å²) in [6.45, 7) is 6.93. The highest BCUT2D eigenvalue weighted by atomic mass is 16.5. The highest BCUT2D eigenvalue weighted by Gasteiger charge is 2.18. The maximum Gasteiger partial charge on any atom is 0.118 e. The van der Waals surface area contributed by atoms with Crippen LogP contribution in [0, 0.1) is 0 Å². The van der Waals surface area contributed by atoms with E-state index < -0.39 is 0 Å². The van der Waals surface area contributed by atoms with Crippen molar-refractivity contribution in [2.75, 3.05) is 13.7 Å². The van der Waals surface area contributed by atoms with Crippen LogP contribution < -0.4 is 10.1 Å². The molecule has 3 nitrogen and oxygen atoms in total. The lowest BCUT2D eigenvalue weighted by Gasteiger charge is -2.28. The fourth-order valence-corrected chi connectivity index (χ4v) is 1.85. The summed E-state index contributed by atoms with van der Waals surface area (Å²) >= 11 is 0. The van der Waals surface area contributed by atoms with Gasteiger partial charge in [0.1, 0.15) is 5.75 Å². The monoisotopic (exact) mass is 251 g/mol. The first-order chi connectivity index (χ1) is 8.46. The Hall–Kier alpha value is -1.06. The van der Waals surface area contributed by atoms with Crippen LogP contribution in [0.1, 0.15) is 32.8 Å². The summed E-state index contributed by atoms with van der Waals surface area (Å²) in [6.07, 6.45) is 1.44. The minimum atomic E-state index is -0.264. The van der Waals surface area contributed by atoms with E-state index in [1.807, 2.05) is 19.1 Å². The van der Waals surface area contributed by atoms with E-state index in [1.54, 1.807) is 7.11 Å². The van der Waals surface area contributed by atoms with Gasteiger partial charge in [0.05, 0.1) is 13.2 Å². The fraction of sp³-hybridized carbons (Fsp3) is 0.600. The second-order valence-electron chi connectivity index (χ2n) is 5.35. The van der Waals surface area contributed by atoms with Crippen LogP contribution in [0.4, 0.5) is 0 Å². The largest absolute Gasteiger partial charge is 0.497 e. The lowest BCUT2D eigenvalue weighted by molar-refractivity contribution is 0.154. The molecule has 1 aromatic carbocycles. The molecule has 0 saturated heterocycles. The molecule has 102 valence electrons.